The lowest BCUT2D eigenvalue weighted by molar-refractivity contribution is 0.669. The first kappa shape index (κ1) is 32.0. The van der Waals surface area contributed by atoms with E-state index in [0.717, 1.165) is 55.7 Å². The maximum atomic E-state index is 6.31. The predicted molar refractivity (Wildman–Crippen MR) is 238 cm³/mol. The zero-order chi connectivity index (χ0) is 37.5. The summed E-state index contributed by atoms with van der Waals surface area (Å²) in [5.74, 6) is 0.696. The highest BCUT2D eigenvalue weighted by atomic mass is 32.1. The van der Waals surface area contributed by atoms with Gasteiger partial charge in [0.1, 0.15) is 11.2 Å². The Hall–Kier alpha value is -7.34. The van der Waals surface area contributed by atoms with Crippen LogP contribution < -0.4 is 0 Å². The third kappa shape index (κ3) is 5.13. The van der Waals surface area contributed by atoms with Gasteiger partial charge in [-0.05, 0) is 83.9 Å². The van der Waals surface area contributed by atoms with Gasteiger partial charge in [-0.2, -0.15) is 0 Å². The van der Waals surface area contributed by atoms with E-state index in [1.807, 2.05) is 29.5 Å². The predicted octanol–water partition coefficient (Wildman–Crippen LogP) is 14.5. The minimum atomic E-state index is 0.696. The molecule has 12 rings (SSSR count). The smallest absolute Gasteiger partial charge is 0.161 e. The Morgan fingerprint density at radius 2 is 1.07 bits per heavy atom. The van der Waals surface area contributed by atoms with E-state index in [4.69, 9.17) is 14.4 Å². The molecule has 0 saturated carbocycles. The van der Waals surface area contributed by atoms with Gasteiger partial charge in [0.05, 0.1) is 22.4 Å². The average Bonchev–Trinajstić information content (AvgIpc) is 3.95. The summed E-state index contributed by atoms with van der Waals surface area (Å²) in [6.07, 6.45) is 0. The van der Waals surface area contributed by atoms with Crippen molar-refractivity contribution in [2.45, 2.75) is 0 Å². The lowest BCUT2D eigenvalue weighted by atomic mass is 9.99. The number of benzene rings is 8. The molecule has 0 radical (unpaired) electrons. The third-order valence-electron chi connectivity index (χ3n) is 11.2. The van der Waals surface area contributed by atoms with Gasteiger partial charge in [-0.3, -0.25) is 0 Å². The number of aromatic nitrogens is 3. The highest BCUT2D eigenvalue weighted by Crippen LogP contribution is 2.43. The summed E-state index contributed by atoms with van der Waals surface area (Å²) in [5, 5.41) is 7.06. The molecule has 0 atom stereocenters. The van der Waals surface area contributed by atoms with Crippen LogP contribution in [0.4, 0.5) is 0 Å². The van der Waals surface area contributed by atoms with Crippen molar-refractivity contribution < 1.29 is 4.42 Å². The van der Waals surface area contributed by atoms with Crippen molar-refractivity contribution in [3.63, 3.8) is 0 Å². The fourth-order valence-electron chi connectivity index (χ4n) is 8.56. The fraction of sp³-hybridized carbons (Fsp3) is 0. The van der Waals surface area contributed by atoms with Gasteiger partial charge in [0.25, 0.3) is 0 Å². The van der Waals surface area contributed by atoms with Crippen LogP contribution in [0.15, 0.2) is 192 Å². The van der Waals surface area contributed by atoms with Crippen molar-refractivity contribution in [1.82, 2.24) is 14.5 Å². The molecule has 0 saturated heterocycles. The lowest BCUT2D eigenvalue weighted by Crippen LogP contribution is -1.96. The van der Waals surface area contributed by atoms with E-state index < -0.39 is 0 Å². The average molecular weight is 746 g/mol. The molecule has 0 unspecified atom stereocenters. The maximum absolute atomic E-state index is 6.31. The van der Waals surface area contributed by atoms with E-state index in [1.165, 1.54) is 53.1 Å². The Labute approximate surface area is 331 Å². The normalized spacial score (nSPS) is 11.9. The number of fused-ring (bicyclic) bond motifs is 9. The van der Waals surface area contributed by atoms with Crippen LogP contribution in [0.25, 0.3) is 115 Å². The second-order valence-electron chi connectivity index (χ2n) is 14.5. The summed E-state index contributed by atoms with van der Waals surface area (Å²) in [7, 11) is 0. The van der Waals surface area contributed by atoms with Crippen molar-refractivity contribution in [2.75, 3.05) is 0 Å². The van der Waals surface area contributed by atoms with Crippen LogP contribution >= 0.6 is 11.3 Å². The number of hydrogen-bond acceptors (Lipinski definition) is 4. The number of nitrogens with zero attached hydrogens (tertiary/aromatic N) is 3. The van der Waals surface area contributed by atoms with E-state index in [2.05, 4.69) is 174 Å². The van der Waals surface area contributed by atoms with E-state index in [-0.39, 0.29) is 0 Å². The first-order chi connectivity index (χ1) is 28.2. The molecule has 57 heavy (non-hydrogen) atoms. The summed E-state index contributed by atoms with van der Waals surface area (Å²) in [5.41, 5.74) is 12.4. The van der Waals surface area contributed by atoms with E-state index in [9.17, 15) is 0 Å². The zero-order valence-corrected chi connectivity index (χ0v) is 31.4. The summed E-state index contributed by atoms with van der Waals surface area (Å²) >= 11 is 1.81. The standard InChI is InChI=1S/C52H31N3OS/c1-3-12-32(13-4-1)43-31-44(35-22-25-39-38-17-8-10-20-47(38)56-48(39)30-35)54-52(53-43)40-18-11-21-50-51(40)42-29-34(24-27-49(42)57-50)33-23-26-46-41(28-33)37-16-7-9-19-45(37)55(46)36-14-5-2-6-15-36/h1-31H. The van der Waals surface area contributed by atoms with Gasteiger partial charge in [-0.1, -0.05) is 115 Å². The highest BCUT2D eigenvalue weighted by Gasteiger charge is 2.19. The fourth-order valence-corrected chi connectivity index (χ4v) is 9.67. The highest BCUT2D eigenvalue weighted by molar-refractivity contribution is 7.26. The molecule has 4 aromatic heterocycles. The maximum Gasteiger partial charge on any atom is 0.161 e. The number of rotatable bonds is 5. The van der Waals surface area contributed by atoms with Gasteiger partial charge in [-0.15, -0.1) is 11.3 Å². The minimum absolute atomic E-state index is 0.696. The topological polar surface area (TPSA) is 43.9 Å². The number of thiophene rings is 1. The van der Waals surface area contributed by atoms with Crippen molar-refractivity contribution in [3.05, 3.63) is 188 Å². The monoisotopic (exact) mass is 745 g/mol. The van der Waals surface area contributed by atoms with Gasteiger partial charge >= 0.3 is 0 Å². The molecule has 266 valence electrons. The van der Waals surface area contributed by atoms with Crippen LogP contribution in [0.3, 0.4) is 0 Å². The molecule has 0 aliphatic carbocycles. The minimum Gasteiger partial charge on any atom is -0.456 e. The van der Waals surface area contributed by atoms with Crippen LogP contribution in [0.1, 0.15) is 0 Å². The summed E-state index contributed by atoms with van der Waals surface area (Å²) in [4.78, 5) is 10.6. The molecule has 8 aromatic carbocycles. The number of furan rings is 1. The Balaban J connectivity index is 1.03. The van der Waals surface area contributed by atoms with Gasteiger partial charge in [0.15, 0.2) is 5.82 Å². The molecule has 0 aliphatic heterocycles. The zero-order valence-electron chi connectivity index (χ0n) is 30.6. The molecule has 0 fully saturated rings. The van der Waals surface area contributed by atoms with Crippen LogP contribution in [0.2, 0.25) is 0 Å². The SMILES string of the molecule is c1ccc(-c2cc(-c3ccc4c(c3)oc3ccccc34)nc(-c3cccc4sc5ccc(-c6ccc7c(c6)c6ccccc6n7-c6ccccc6)cc5c34)n2)cc1. The first-order valence-electron chi connectivity index (χ1n) is 19.1. The van der Waals surface area contributed by atoms with Crippen LogP contribution in [-0.4, -0.2) is 14.5 Å². The van der Waals surface area contributed by atoms with Crippen LogP contribution in [0, 0.1) is 0 Å². The Morgan fingerprint density at radius 3 is 1.93 bits per heavy atom. The molecular weight excluding hydrogens is 715 g/mol. The Morgan fingerprint density at radius 1 is 0.404 bits per heavy atom. The molecule has 0 aliphatic rings. The van der Waals surface area contributed by atoms with Crippen LogP contribution in [0.5, 0.6) is 0 Å². The van der Waals surface area contributed by atoms with E-state index in [1.54, 1.807) is 0 Å². The molecule has 0 spiro atoms. The second-order valence-corrected chi connectivity index (χ2v) is 15.6. The third-order valence-corrected chi connectivity index (χ3v) is 12.4. The largest absolute Gasteiger partial charge is 0.456 e. The van der Waals surface area contributed by atoms with Crippen LogP contribution in [-0.2, 0) is 0 Å². The molecule has 4 nitrogen and oxygen atoms in total. The summed E-state index contributed by atoms with van der Waals surface area (Å²) < 4.78 is 11.1. The molecule has 0 bridgehead atoms. The van der Waals surface area contributed by atoms with E-state index in [0.29, 0.717) is 5.82 Å². The quantitative estimate of drug-likeness (QED) is 0.176. The van der Waals surface area contributed by atoms with Crippen molar-refractivity contribution in [1.29, 1.82) is 0 Å². The molecular formula is C52H31N3OS. The van der Waals surface area contributed by atoms with Gasteiger partial charge < -0.3 is 8.98 Å². The van der Waals surface area contributed by atoms with Gasteiger partial charge in [0.2, 0.25) is 0 Å². The summed E-state index contributed by atoms with van der Waals surface area (Å²) in [6.45, 7) is 0. The van der Waals surface area contributed by atoms with Crippen molar-refractivity contribution in [3.8, 4) is 50.7 Å². The van der Waals surface area contributed by atoms with E-state index >= 15 is 0 Å². The van der Waals surface area contributed by atoms with Gasteiger partial charge in [-0.25, -0.2) is 9.97 Å². The second kappa shape index (κ2) is 12.6. The lowest BCUT2D eigenvalue weighted by Gasteiger charge is -2.11. The molecule has 12 aromatic rings. The molecule has 0 amide bonds. The number of hydrogen-bond donors (Lipinski definition) is 0. The molecule has 4 heterocycles. The number of para-hydroxylation sites is 3. The summed E-state index contributed by atoms with van der Waals surface area (Å²) in [6, 6.07) is 66.6. The Bertz CT molecular complexity index is 3520. The van der Waals surface area contributed by atoms with Crippen molar-refractivity contribution in [2.24, 2.45) is 0 Å². The first-order valence-corrected chi connectivity index (χ1v) is 20.0. The molecule has 0 N–H and O–H groups in total. The molecule has 5 heteroatoms. The van der Waals surface area contributed by atoms with Gasteiger partial charge in [0, 0.05) is 64.1 Å². The van der Waals surface area contributed by atoms with Crippen molar-refractivity contribution >= 4 is 75.3 Å². The Kier molecular flexibility index (Phi) is 7.06.